The van der Waals surface area contributed by atoms with Crippen LogP contribution in [0.4, 0.5) is 5.13 Å². The molecule has 9 nitrogen and oxygen atoms in total. The Labute approximate surface area is 228 Å². The van der Waals surface area contributed by atoms with Gasteiger partial charge in [0.2, 0.25) is 0 Å². The third-order valence-corrected chi connectivity index (χ3v) is 7.32. The molecule has 1 N–H and O–H groups in total. The second-order valence-corrected chi connectivity index (χ2v) is 9.63. The molecule has 0 bridgehead atoms. The summed E-state index contributed by atoms with van der Waals surface area (Å²) in [6.45, 7) is 1.93. The number of aliphatic hydroxyl groups excluding tert-OH is 1. The number of hydrogen-bond donors (Lipinski definition) is 1. The first kappa shape index (κ1) is 25.8. The van der Waals surface area contributed by atoms with E-state index < -0.39 is 23.7 Å². The lowest BCUT2D eigenvalue weighted by atomic mass is 9.95. The van der Waals surface area contributed by atoms with Gasteiger partial charge in [-0.25, -0.2) is 9.78 Å². The number of nitrogens with zero attached hydrogens (tertiary/aromatic N) is 3. The van der Waals surface area contributed by atoms with Crippen molar-refractivity contribution in [2.45, 2.75) is 19.6 Å². The summed E-state index contributed by atoms with van der Waals surface area (Å²) in [5, 5.41) is 11.4. The summed E-state index contributed by atoms with van der Waals surface area (Å²) in [7, 11) is 1.25. The molecule has 0 saturated carbocycles. The fraction of sp³-hybridized carbons (Fsp3) is 0.138. The number of ketones is 1. The van der Waals surface area contributed by atoms with Crippen LogP contribution in [0.15, 0.2) is 84.7 Å². The Morgan fingerprint density at radius 2 is 1.79 bits per heavy atom. The maximum atomic E-state index is 13.4. The summed E-state index contributed by atoms with van der Waals surface area (Å²) in [6, 6.07) is 18.7. The Kier molecular flexibility index (Phi) is 7.20. The zero-order valence-electron chi connectivity index (χ0n) is 21.0. The highest BCUT2D eigenvalue weighted by atomic mass is 32.1. The van der Waals surface area contributed by atoms with Crippen LogP contribution in [-0.2, 0) is 20.9 Å². The van der Waals surface area contributed by atoms with Gasteiger partial charge in [-0.15, -0.1) is 0 Å². The fourth-order valence-electron chi connectivity index (χ4n) is 4.29. The summed E-state index contributed by atoms with van der Waals surface area (Å²) in [4.78, 5) is 48.9. The molecule has 1 aliphatic heterocycles. The number of ether oxygens (including phenoxy) is 2. The van der Waals surface area contributed by atoms with E-state index >= 15 is 0 Å². The lowest BCUT2D eigenvalue weighted by Gasteiger charge is -2.23. The SMILES string of the molecule is COC(=O)c1sc(N2C(=O)C(=O)/C(=C(/O)c3ccncc3)C2c2cccc(OCc3ccccc3)c2)nc1C. The zero-order chi connectivity index (χ0) is 27.5. The van der Waals surface area contributed by atoms with Gasteiger partial charge in [0.1, 0.15) is 23.0 Å². The van der Waals surface area contributed by atoms with Gasteiger partial charge < -0.3 is 14.6 Å². The van der Waals surface area contributed by atoms with Crippen LogP contribution in [0.3, 0.4) is 0 Å². The molecule has 1 aliphatic rings. The lowest BCUT2D eigenvalue weighted by Crippen LogP contribution is -2.29. The smallest absolute Gasteiger partial charge is 0.350 e. The van der Waals surface area contributed by atoms with E-state index in [9.17, 15) is 19.5 Å². The average molecular weight is 542 g/mol. The van der Waals surface area contributed by atoms with Crippen molar-refractivity contribution in [1.82, 2.24) is 9.97 Å². The molecule has 0 spiro atoms. The third kappa shape index (κ3) is 5.01. The lowest BCUT2D eigenvalue weighted by molar-refractivity contribution is -0.132. The van der Waals surface area contributed by atoms with E-state index in [1.54, 1.807) is 43.3 Å². The summed E-state index contributed by atoms with van der Waals surface area (Å²) >= 11 is 0.937. The maximum absolute atomic E-state index is 13.4. The Morgan fingerprint density at radius 3 is 2.51 bits per heavy atom. The molecule has 196 valence electrons. The van der Waals surface area contributed by atoms with Crippen LogP contribution in [0.25, 0.3) is 5.76 Å². The number of amides is 1. The van der Waals surface area contributed by atoms with E-state index in [4.69, 9.17) is 9.47 Å². The number of aliphatic hydroxyl groups is 1. The van der Waals surface area contributed by atoms with E-state index in [1.165, 1.54) is 24.4 Å². The highest BCUT2D eigenvalue weighted by Crippen LogP contribution is 2.44. The molecule has 1 amide bonds. The molecule has 1 atom stereocenters. The van der Waals surface area contributed by atoms with Crippen LogP contribution < -0.4 is 9.64 Å². The first-order chi connectivity index (χ1) is 18.9. The van der Waals surface area contributed by atoms with Gasteiger partial charge in [-0.2, -0.15) is 0 Å². The molecular formula is C29H23N3O6S. The number of carbonyl (C=O) groups excluding carboxylic acids is 3. The summed E-state index contributed by atoms with van der Waals surface area (Å²) < 4.78 is 10.8. The molecule has 10 heteroatoms. The quantitative estimate of drug-likeness (QED) is 0.153. The predicted octanol–water partition coefficient (Wildman–Crippen LogP) is 4.84. The zero-order valence-corrected chi connectivity index (χ0v) is 21.8. The number of carbonyl (C=O) groups is 3. The fourth-order valence-corrected chi connectivity index (χ4v) is 5.30. The standard InChI is InChI=1S/C29H23N3O6S/c1-17-26(28(36)37-2)39-29(31-17)32-23(22(25(34)27(32)35)24(33)19-11-13-30-14-12-19)20-9-6-10-21(15-20)38-16-18-7-4-3-5-8-18/h3-15,23,33H,16H2,1-2H3/b24-22+. The minimum atomic E-state index is -1.03. The maximum Gasteiger partial charge on any atom is 0.350 e. The first-order valence-corrected chi connectivity index (χ1v) is 12.7. The molecule has 5 rings (SSSR count). The Bertz CT molecular complexity index is 1580. The number of benzene rings is 2. The molecule has 0 radical (unpaired) electrons. The van der Waals surface area contributed by atoms with E-state index in [2.05, 4.69) is 9.97 Å². The number of pyridine rings is 1. The molecule has 39 heavy (non-hydrogen) atoms. The number of esters is 1. The van der Waals surface area contributed by atoms with Crippen LogP contribution in [0.2, 0.25) is 0 Å². The minimum absolute atomic E-state index is 0.112. The van der Waals surface area contributed by atoms with E-state index in [0.717, 1.165) is 16.9 Å². The van der Waals surface area contributed by atoms with Crippen LogP contribution in [0, 0.1) is 6.92 Å². The summed E-state index contributed by atoms with van der Waals surface area (Å²) in [6.07, 6.45) is 2.95. The van der Waals surface area contributed by atoms with Crippen molar-refractivity contribution in [2.75, 3.05) is 12.0 Å². The number of rotatable bonds is 7. The van der Waals surface area contributed by atoms with Crippen LogP contribution >= 0.6 is 11.3 Å². The number of Topliss-reactive ketones (excluding diaryl/α,β-unsaturated/α-hetero) is 1. The summed E-state index contributed by atoms with van der Waals surface area (Å²) in [5.74, 6) is -2.19. The molecule has 1 saturated heterocycles. The van der Waals surface area contributed by atoms with Crippen molar-refractivity contribution >= 4 is 39.9 Å². The number of aryl methyl sites for hydroxylation is 1. The molecule has 2 aromatic heterocycles. The Balaban J connectivity index is 1.62. The molecule has 0 aliphatic carbocycles. The highest BCUT2D eigenvalue weighted by molar-refractivity contribution is 7.17. The largest absolute Gasteiger partial charge is 0.507 e. The molecule has 3 heterocycles. The van der Waals surface area contributed by atoms with Crippen LogP contribution in [-0.4, -0.2) is 39.8 Å². The van der Waals surface area contributed by atoms with E-state index in [0.29, 0.717) is 29.2 Å². The van der Waals surface area contributed by atoms with Crippen LogP contribution in [0.5, 0.6) is 5.75 Å². The highest BCUT2D eigenvalue weighted by Gasteiger charge is 2.48. The van der Waals surface area contributed by atoms with Crippen molar-refractivity contribution in [3.63, 3.8) is 0 Å². The number of anilines is 1. The molecular weight excluding hydrogens is 518 g/mol. The second-order valence-electron chi connectivity index (χ2n) is 8.65. The second kappa shape index (κ2) is 10.9. The van der Waals surface area contributed by atoms with Crippen molar-refractivity contribution in [3.8, 4) is 5.75 Å². The predicted molar refractivity (Wildman–Crippen MR) is 144 cm³/mol. The monoisotopic (exact) mass is 541 g/mol. The van der Waals surface area contributed by atoms with Gasteiger partial charge in [0.05, 0.1) is 24.4 Å². The van der Waals surface area contributed by atoms with Gasteiger partial charge in [-0.1, -0.05) is 53.8 Å². The summed E-state index contributed by atoms with van der Waals surface area (Å²) in [5.41, 5.74) is 2.06. The Morgan fingerprint density at radius 1 is 1.05 bits per heavy atom. The molecule has 2 aromatic carbocycles. The van der Waals surface area contributed by atoms with Gasteiger partial charge in [-0.05, 0) is 42.3 Å². The topological polar surface area (TPSA) is 119 Å². The van der Waals surface area contributed by atoms with Gasteiger partial charge in [0, 0.05) is 18.0 Å². The third-order valence-electron chi connectivity index (χ3n) is 6.18. The van der Waals surface area contributed by atoms with Crippen molar-refractivity contribution in [2.24, 2.45) is 0 Å². The molecule has 1 unspecified atom stereocenters. The molecule has 1 fully saturated rings. The van der Waals surface area contributed by atoms with Crippen LogP contribution in [0.1, 0.15) is 38.1 Å². The van der Waals surface area contributed by atoms with Crippen molar-refractivity contribution < 1.29 is 29.0 Å². The van der Waals surface area contributed by atoms with Gasteiger partial charge in [0.25, 0.3) is 5.78 Å². The van der Waals surface area contributed by atoms with Gasteiger partial charge in [-0.3, -0.25) is 19.5 Å². The van der Waals surface area contributed by atoms with Gasteiger partial charge in [0.15, 0.2) is 5.13 Å². The minimum Gasteiger partial charge on any atom is -0.507 e. The molecule has 4 aromatic rings. The van der Waals surface area contributed by atoms with Crippen molar-refractivity contribution in [1.29, 1.82) is 0 Å². The number of methoxy groups -OCH3 is 1. The Hall–Kier alpha value is -4.83. The normalized spacial score (nSPS) is 16.4. The number of thiazole rings is 1. The van der Waals surface area contributed by atoms with E-state index in [1.807, 2.05) is 30.3 Å². The van der Waals surface area contributed by atoms with E-state index in [-0.39, 0.29) is 21.3 Å². The number of hydrogen-bond acceptors (Lipinski definition) is 9. The van der Waals surface area contributed by atoms with Gasteiger partial charge >= 0.3 is 11.9 Å². The average Bonchev–Trinajstić information content (AvgIpc) is 3.48. The number of aromatic nitrogens is 2. The van der Waals surface area contributed by atoms with Crippen molar-refractivity contribution in [3.05, 3.63) is 112 Å². The first-order valence-electron chi connectivity index (χ1n) is 11.9.